The van der Waals surface area contributed by atoms with Crippen LogP contribution in [0, 0.1) is 6.92 Å². The number of unbranched alkanes of at least 4 members (excludes halogenated alkanes) is 1. The number of nitrogens with one attached hydrogen (secondary N) is 1. The summed E-state index contributed by atoms with van der Waals surface area (Å²) in [7, 11) is 1.88. The van der Waals surface area contributed by atoms with E-state index in [1.54, 1.807) is 0 Å². The lowest BCUT2D eigenvalue weighted by atomic mass is 10.0. The fourth-order valence-corrected chi connectivity index (χ4v) is 2.49. The fraction of sp³-hybridized carbons (Fsp3) is 0.769. The van der Waals surface area contributed by atoms with Crippen molar-refractivity contribution in [3.05, 3.63) is 11.6 Å². The molecule has 1 aromatic heterocycles. The molecule has 0 aliphatic carbocycles. The van der Waals surface area contributed by atoms with Gasteiger partial charge in [-0.05, 0) is 13.3 Å². The zero-order chi connectivity index (χ0) is 13.8. The summed E-state index contributed by atoms with van der Waals surface area (Å²) < 4.78 is 0. The Morgan fingerprint density at radius 2 is 2.21 bits per heavy atom. The van der Waals surface area contributed by atoms with Crippen molar-refractivity contribution in [2.24, 2.45) is 0 Å². The molecule has 19 heavy (non-hydrogen) atoms. The second-order valence-corrected chi connectivity index (χ2v) is 5.23. The molecule has 106 valence electrons. The van der Waals surface area contributed by atoms with Crippen LogP contribution in [0.3, 0.4) is 0 Å². The monoisotopic (exact) mass is 265 g/mol. The summed E-state index contributed by atoms with van der Waals surface area (Å²) in [6.45, 7) is 6.37. The lowest BCUT2D eigenvalue weighted by molar-refractivity contribution is -0.140. The highest BCUT2D eigenvalue weighted by Crippen LogP contribution is 2.17. The summed E-state index contributed by atoms with van der Waals surface area (Å²) in [6.07, 6.45) is 3.11. The summed E-state index contributed by atoms with van der Waals surface area (Å²) in [4.78, 5) is 20.6. The van der Waals surface area contributed by atoms with Gasteiger partial charge in [-0.3, -0.25) is 14.8 Å². The SMILES string of the molecule is CCCC[C@H]1C(=O)N(C)CCN1Cc1n[nH]c(C)n1. The number of H-pyrrole nitrogens is 1. The second-order valence-electron chi connectivity index (χ2n) is 5.23. The summed E-state index contributed by atoms with van der Waals surface area (Å²) in [6, 6.07) is -0.0162. The van der Waals surface area contributed by atoms with Crippen molar-refractivity contribution in [2.45, 2.75) is 45.7 Å². The van der Waals surface area contributed by atoms with Crippen molar-refractivity contribution in [1.82, 2.24) is 25.0 Å². The van der Waals surface area contributed by atoms with Gasteiger partial charge in [0, 0.05) is 20.1 Å². The minimum Gasteiger partial charge on any atom is -0.343 e. The molecular weight excluding hydrogens is 242 g/mol. The lowest BCUT2D eigenvalue weighted by Gasteiger charge is -2.38. The van der Waals surface area contributed by atoms with Crippen molar-refractivity contribution in [1.29, 1.82) is 0 Å². The maximum Gasteiger partial charge on any atom is 0.239 e. The zero-order valence-corrected chi connectivity index (χ0v) is 12.0. The number of rotatable bonds is 5. The van der Waals surface area contributed by atoms with Gasteiger partial charge < -0.3 is 4.90 Å². The molecule has 1 aromatic rings. The Hall–Kier alpha value is -1.43. The highest BCUT2D eigenvalue weighted by atomic mass is 16.2. The topological polar surface area (TPSA) is 65.1 Å². The van der Waals surface area contributed by atoms with E-state index >= 15 is 0 Å². The molecule has 1 aliphatic heterocycles. The molecule has 1 atom stereocenters. The van der Waals surface area contributed by atoms with Crippen molar-refractivity contribution in [3.63, 3.8) is 0 Å². The van der Waals surface area contributed by atoms with Crippen LogP contribution < -0.4 is 0 Å². The summed E-state index contributed by atoms with van der Waals surface area (Å²) in [5.41, 5.74) is 0. The first-order chi connectivity index (χ1) is 9.11. The highest BCUT2D eigenvalue weighted by molar-refractivity contribution is 5.82. The maximum atomic E-state index is 12.3. The van der Waals surface area contributed by atoms with E-state index in [0.29, 0.717) is 6.54 Å². The van der Waals surface area contributed by atoms with Gasteiger partial charge in [-0.25, -0.2) is 4.98 Å². The third-order valence-electron chi connectivity index (χ3n) is 3.64. The number of amides is 1. The molecule has 1 saturated heterocycles. The van der Waals surface area contributed by atoms with Crippen LogP contribution in [0.1, 0.15) is 37.8 Å². The molecule has 0 saturated carbocycles. The normalized spacial score (nSPS) is 21.1. The Bertz CT molecular complexity index is 430. The van der Waals surface area contributed by atoms with Crippen LogP contribution in [0.25, 0.3) is 0 Å². The first-order valence-corrected chi connectivity index (χ1v) is 6.98. The summed E-state index contributed by atoms with van der Waals surface area (Å²) >= 11 is 0. The van der Waals surface area contributed by atoms with Crippen LogP contribution >= 0.6 is 0 Å². The molecule has 6 nitrogen and oxygen atoms in total. The summed E-state index contributed by atoms with van der Waals surface area (Å²) in [5.74, 6) is 1.82. The molecule has 1 aliphatic rings. The smallest absolute Gasteiger partial charge is 0.239 e. The van der Waals surface area contributed by atoms with E-state index in [2.05, 4.69) is 27.0 Å². The molecule has 0 bridgehead atoms. The molecule has 1 amide bonds. The average molecular weight is 265 g/mol. The van der Waals surface area contributed by atoms with Crippen LogP contribution in [0.15, 0.2) is 0 Å². The standard InChI is InChI=1S/C13H23N5O/c1-4-5-6-11-13(19)17(3)7-8-18(11)9-12-14-10(2)15-16-12/h11H,4-9H2,1-3H3,(H,14,15,16)/t11-/m0/s1. The second kappa shape index (κ2) is 6.14. The van der Waals surface area contributed by atoms with E-state index in [9.17, 15) is 4.79 Å². The minimum absolute atomic E-state index is 0.0162. The molecule has 0 unspecified atom stereocenters. The molecular formula is C13H23N5O. The van der Waals surface area contributed by atoms with Crippen LogP contribution in [0.2, 0.25) is 0 Å². The zero-order valence-electron chi connectivity index (χ0n) is 12.0. The van der Waals surface area contributed by atoms with Gasteiger partial charge in [-0.1, -0.05) is 19.8 Å². The molecule has 1 N–H and O–H groups in total. The van der Waals surface area contributed by atoms with E-state index in [4.69, 9.17) is 0 Å². The molecule has 0 radical (unpaired) electrons. The lowest BCUT2D eigenvalue weighted by Crippen LogP contribution is -2.55. The number of aromatic amines is 1. The molecule has 2 heterocycles. The average Bonchev–Trinajstić information content (AvgIpc) is 2.79. The number of carbonyl (C=O) groups excluding carboxylic acids is 1. The van der Waals surface area contributed by atoms with Crippen molar-refractivity contribution >= 4 is 5.91 Å². The van der Waals surface area contributed by atoms with Gasteiger partial charge in [-0.2, -0.15) is 5.10 Å². The maximum absolute atomic E-state index is 12.3. The number of piperazine rings is 1. The van der Waals surface area contributed by atoms with Gasteiger partial charge in [-0.15, -0.1) is 0 Å². The highest BCUT2D eigenvalue weighted by Gasteiger charge is 2.32. The summed E-state index contributed by atoms with van der Waals surface area (Å²) in [5, 5.41) is 7.02. The van der Waals surface area contributed by atoms with Gasteiger partial charge in [0.1, 0.15) is 5.82 Å². The van der Waals surface area contributed by atoms with Crippen LogP contribution in [0.5, 0.6) is 0 Å². The Labute approximate surface area is 114 Å². The largest absolute Gasteiger partial charge is 0.343 e. The van der Waals surface area contributed by atoms with Crippen molar-refractivity contribution in [2.75, 3.05) is 20.1 Å². The van der Waals surface area contributed by atoms with E-state index in [1.165, 1.54) is 0 Å². The van der Waals surface area contributed by atoms with Gasteiger partial charge in [0.2, 0.25) is 5.91 Å². The first kappa shape index (κ1) is 14.0. The van der Waals surface area contributed by atoms with Crippen LogP contribution in [-0.4, -0.2) is 57.1 Å². The van der Waals surface area contributed by atoms with Gasteiger partial charge in [0.05, 0.1) is 12.6 Å². The van der Waals surface area contributed by atoms with Crippen molar-refractivity contribution in [3.8, 4) is 0 Å². The number of aromatic nitrogens is 3. The number of likely N-dealkylation sites (N-methyl/N-ethyl adjacent to an activating group) is 1. The number of nitrogens with zero attached hydrogens (tertiary/aromatic N) is 4. The Balaban J connectivity index is 2.05. The van der Waals surface area contributed by atoms with Gasteiger partial charge >= 0.3 is 0 Å². The number of aryl methyl sites for hydroxylation is 1. The van der Waals surface area contributed by atoms with E-state index in [1.807, 2.05) is 18.9 Å². The van der Waals surface area contributed by atoms with E-state index < -0.39 is 0 Å². The van der Waals surface area contributed by atoms with Crippen molar-refractivity contribution < 1.29 is 4.79 Å². The van der Waals surface area contributed by atoms with Crippen LogP contribution in [-0.2, 0) is 11.3 Å². The Kier molecular flexibility index (Phi) is 4.52. The predicted molar refractivity (Wildman–Crippen MR) is 72.5 cm³/mol. The molecule has 0 aromatic carbocycles. The quantitative estimate of drug-likeness (QED) is 0.860. The predicted octanol–water partition coefficient (Wildman–Crippen LogP) is 0.946. The Morgan fingerprint density at radius 1 is 1.42 bits per heavy atom. The molecule has 1 fully saturated rings. The molecule has 6 heteroatoms. The van der Waals surface area contributed by atoms with Gasteiger partial charge in [0.25, 0.3) is 0 Å². The number of hydrogen-bond acceptors (Lipinski definition) is 4. The third-order valence-corrected chi connectivity index (χ3v) is 3.64. The molecule has 0 spiro atoms. The first-order valence-electron chi connectivity index (χ1n) is 6.98. The number of hydrogen-bond donors (Lipinski definition) is 1. The third kappa shape index (κ3) is 3.32. The molecule has 2 rings (SSSR count). The number of carbonyl (C=O) groups is 1. The van der Waals surface area contributed by atoms with Gasteiger partial charge in [0.15, 0.2) is 5.82 Å². The minimum atomic E-state index is -0.0162. The fourth-order valence-electron chi connectivity index (χ4n) is 2.49. The Morgan fingerprint density at radius 3 is 2.84 bits per heavy atom. The van der Waals surface area contributed by atoms with E-state index in [0.717, 1.165) is 44.0 Å². The van der Waals surface area contributed by atoms with Crippen LogP contribution in [0.4, 0.5) is 0 Å². The van der Waals surface area contributed by atoms with E-state index in [-0.39, 0.29) is 11.9 Å².